The average Bonchev–Trinajstić information content (AvgIpc) is 2.52. The summed E-state index contributed by atoms with van der Waals surface area (Å²) in [6.45, 7) is 1.65. The zero-order chi connectivity index (χ0) is 16.1. The van der Waals surface area contributed by atoms with Gasteiger partial charge in [0.2, 0.25) is 0 Å². The number of aliphatic hydroxyl groups excluding tert-OH is 1. The van der Waals surface area contributed by atoms with Crippen molar-refractivity contribution in [1.29, 1.82) is 0 Å². The monoisotopic (exact) mass is 300 g/mol. The van der Waals surface area contributed by atoms with Crippen molar-refractivity contribution >= 4 is 11.6 Å². The lowest BCUT2D eigenvalue weighted by Crippen LogP contribution is -2.28. The van der Waals surface area contributed by atoms with Crippen LogP contribution in [-0.2, 0) is 0 Å². The minimum absolute atomic E-state index is 0.0270. The fraction of sp³-hybridized carbons (Fsp3) is 0.188. The summed E-state index contributed by atoms with van der Waals surface area (Å²) >= 11 is 0. The van der Waals surface area contributed by atoms with Crippen molar-refractivity contribution in [2.45, 2.75) is 13.0 Å². The Morgan fingerprint density at radius 1 is 1.27 bits per heavy atom. The van der Waals surface area contributed by atoms with E-state index in [0.717, 1.165) is 0 Å². The Bertz CT molecular complexity index is 686. The highest BCUT2D eigenvalue weighted by molar-refractivity contribution is 5.94. The fourth-order valence-electron chi connectivity index (χ4n) is 2.09. The standard InChI is InChI=1S/C16H16N2O4/c1-11-9-13(7-8-14(11)18(21)22)16(20)17-10-15(19)12-5-3-2-4-6-12/h2-9,15,19H,10H2,1H3,(H,17,20). The van der Waals surface area contributed by atoms with Crippen molar-refractivity contribution in [3.8, 4) is 0 Å². The van der Waals surface area contributed by atoms with E-state index in [-0.39, 0.29) is 18.1 Å². The Hall–Kier alpha value is -2.73. The Morgan fingerprint density at radius 2 is 1.95 bits per heavy atom. The lowest BCUT2D eigenvalue weighted by atomic mass is 10.1. The summed E-state index contributed by atoms with van der Waals surface area (Å²) in [5.41, 5.74) is 1.42. The third-order valence-electron chi connectivity index (χ3n) is 3.30. The van der Waals surface area contributed by atoms with Crippen LogP contribution in [0, 0.1) is 17.0 Å². The molecule has 114 valence electrons. The summed E-state index contributed by atoms with van der Waals surface area (Å²) in [5, 5.41) is 23.3. The number of nitrogens with one attached hydrogen (secondary N) is 1. The fourth-order valence-corrected chi connectivity index (χ4v) is 2.09. The quantitative estimate of drug-likeness (QED) is 0.655. The molecule has 0 spiro atoms. The first kappa shape index (κ1) is 15.7. The molecule has 2 N–H and O–H groups in total. The van der Waals surface area contributed by atoms with Gasteiger partial charge in [-0.2, -0.15) is 0 Å². The molecule has 0 radical (unpaired) electrons. The zero-order valence-electron chi connectivity index (χ0n) is 12.0. The van der Waals surface area contributed by atoms with Crippen LogP contribution in [0.15, 0.2) is 48.5 Å². The Balaban J connectivity index is 2.01. The van der Waals surface area contributed by atoms with Gasteiger partial charge < -0.3 is 10.4 Å². The SMILES string of the molecule is Cc1cc(C(=O)NCC(O)c2ccccc2)ccc1[N+](=O)[O-]. The first-order valence-electron chi connectivity index (χ1n) is 6.75. The maximum atomic E-state index is 12.0. The van der Waals surface area contributed by atoms with Crippen LogP contribution in [0.2, 0.25) is 0 Å². The number of benzene rings is 2. The summed E-state index contributed by atoms with van der Waals surface area (Å²) in [7, 11) is 0. The summed E-state index contributed by atoms with van der Waals surface area (Å²) < 4.78 is 0. The van der Waals surface area contributed by atoms with Crippen molar-refractivity contribution in [2.75, 3.05) is 6.54 Å². The Kier molecular flexibility index (Phi) is 4.85. The maximum absolute atomic E-state index is 12.0. The zero-order valence-corrected chi connectivity index (χ0v) is 12.0. The number of rotatable bonds is 5. The van der Waals surface area contributed by atoms with Gasteiger partial charge in [-0.1, -0.05) is 30.3 Å². The molecule has 0 aliphatic carbocycles. The van der Waals surface area contributed by atoms with E-state index < -0.39 is 11.0 Å². The molecule has 2 rings (SSSR count). The molecule has 0 saturated carbocycles. The van der Waals surface area contributed by atoms with Crippen molar-refractivity contribution < 1.29 is 14.8 Å². The molecular weight excluding hydrogens is 284 g/mol. The highest BCUT2D eigenvalue weighted by atomic mass is 16.6. The smallest absolute Gasteiger partial charge is 0.272 e. The van der Waals surface area contributed by atoms with Crippen molar-refractivity contribution in [3.05, 3.63) is 75.3 Å². The summed E-state index contributed by atoms with van der Waals surface area (Å²) in [5.74, 6) is -0.382. The van der Waals surface area contributed by atoms with Crippen LogP contribution in [0.3, 0.4) is 0 Å². The van der Waals surface area contributed by atoms with E-state index in [1.165, 1.54) is 18.2 Å². The van der Waals surface area contributed by atoms with E-state index in [4.69, 9.17) is 0 Å². The third-order valence-corrected chi connectivity index (χ3v) is 3.30. The van der Waals surface area contributed by atoms with Gasteiger partial charge in [0.05, 0.1) is 11.0 Å². The average molecular weight is 300 g/mol. The van der Waals surface area contributed by atoms with E-state index in [2.05, 4.69) is 5.32 Å². The molecule has 22 heavy (non-hydrogen) atoms. The van der Waals surface area contributed by atoms with E-state index in [1.807, 2.05) is 6.07 Å². The second-order valence-corrected chi connectivity index (χ2v) is 4.89. The number of amides is 1. The molecule has 0 saturated heterocycles. The number of hydrogen-bond donors (Lipinski definition) is 2. The number of nitrogens with zero attached hydrogens (tertiary/aromatic N) is 1. The molecule has 2 aromatic carbocycles. The molecule has 0 aromatic heterocycles. The van der Waals surface area contributed by atoms with Crippen LogP contribution in [0.25, 0.3) is 0 Å². The summed E-state index contributed by atoms with van der Waals surface area (Å²) in [6, 6.07) is 13.2. The molecule has 0 aliphatic rings. The number of nitro benzene ring substituents is 1. The molecule has 0 fully saturated rings. The van der Waals surface area contributed by atoms with Crippen molar-refractivity contribution in [3.63, 3.8) is 0 Å². The first-order valence-corrected chi connectivity index (χ1v) is 6.75. The lowest BCUT2D eigenvalue weighted by Gasteiger charge is -2.12. The van der Waals surface area contributed by atoms with E-state index >= 15 is 0 Å². The number of aryl methyl sites for hydroxylation is 1. The van der Waals surface area contributed by atoms with Crippen LogP contribution in [0.1, 0.15) is 27.6 Å². The van der Waals surface area contributed by atoms with Gasteiger partial charge in [-0.3, -0.25) is 14.9 Å². The Labute approximate surface area is 127 Å². The van der Waals surface area contributed by atoms with Crippen molar-refractivity contribution in [2.24, 2.45) is 0 Å². The second-order valence-electron chi connectivity index (χ2n) is 4.89. The second kappa shape index (κ2) is 6.82. The predicted molar refractivity (Wildman–Crippen MR) is 81.6 cm³/mol. The number of carbonyl (C=O) groups excluding carboxylic acids is 1. The van der Waals surface area contributed by atoms with E-state index in [0.29, 0.717) is 16.7 Å². The predicted octanol–water partition coefficient (Wildman–Crippen LogP) is 2.37. The molecule has 0 bridgehead atoms. The molecule has 0 heterocycles. The maximum Gasteiger partial charge on any atom is 0.272 e. The van der Waals surface area contributed by atoms with Gasteiger partial charge in [0.1, 0.15) is 0 Å². The molecule has 6 nitrogen and oxygen atoms in total. The molecule has 2 aromatic rings. The summed E-state index contributed by atoms with van der Waals surface area (Å²) in [4.78, 5) is 22.3. The topological polar surface area (TPSA) is 92.5 Å². The Morgan fingerprint density at radius 3 is 2.55 bits per heavy atom. The van der Waals surface area contributed by atoms with Gasteiger partial charge >= 0.3 is 0 Å². The van der Waals surface area contributed by atoms with Gasteiger partial charge in [0.25, 0.3) is 11.6 Å². The number of aliphatic hydroxyl groups is 1. The van der Waals surface area contributed by atoms with Crippen LogP contribution in [0.4, 0.5) is 5.69 Å². The highest BCUT2D eigenvalue weighted by Crippen LogP contribution is 2.19. The van der Waals surface area contributed by atoms with Crippen LogP contribution in [0.5, 0.6) is 0 Å². The van der Waals surface area contributed by atoms with Gasteiger partial charge in [-0.05, 0) is 24.6 Å². The third kappa shape index (κ3) is 3.67. The number of nitro groups is 1. The molecule has 1 amide bonds. The largest absolute Gasteiger partial charge is 0.387 e. The van der Waals surface area contributed by atoms with E-state index in [9.17, 15) is 20.0 Å². The van der Waals surface area contributed by atoms with Crippen LogP contribution >= 0.6 is 0 Å². The first-order chi connectivity index (χ1) is 10.5. The van der Waals surface area contributed by atoms with Gasteiger partial charge in [-0.25, -0.2) is 0 Å². The molecular formula is C16H16N2O4. The normalized spacial score (nSPS) is 11.7. The highest BCUT2D eigenvalue weighted by Gasteiger charge is 2.15. The molecule has 1 atom stereocenters. The molecule has 1 unspecified atom stereocenters. The van der Waals surface area contributed by atoms with Gasteiger partial charge in [0, 0.05) is 23.7 Å². The molecule has 0 aliphatic heterocycles. The van der Waals surface area contributed by atoms with E-state index in [1.54, 1.807) is 31.2 Å². The van der Waals surface area contributed by atoms with Gasteiger partial charge in [-0.15, -0.1) is 0 Å². The number of hydrogen-bond acceptors (Lipinski definition) is 4. The van der Waals surface area contributed by atoms with Crippen molar-refractivity contribution in [1.82, 2.24) is 5.32 Å². The van der Waals surface area contributed by atoms with Crippen LogP contribution < -0.4 is 5.32 Å². The summed E-state index contributed by atoms with van der Waals surface area (Å²) in [6.07, 6.45) is -0.802. The molecule has 6 heteroatoms. The van der Waals surface area contributed by atoms with Crippen LogP contribution in [-0.4, -0.2) is 22.5 Å². The lowest BCUT2D eigenvalue weighted by molar-refractivity contribution is -0.385. The van der Waals surface area contributed by atoms with Gasteiger partial charge in [0.15, 0.2) is 0 Å². The minimum atomic E-state index is -0.802. The number of carbonyl (C=O) groups is 1. The minimum Gasteiger partial charge on any atom is -0.387 e.